The molecule has 1 unspecified atom stereocenters. The van der Waals surface area contributed by atoms with Gasteiger partial charge in [-0.15, -0.1) is 0 Å². The van der Waals surface area contributed by atoms with Crippen molar-refractivity contribution in [2.75, 3.05) is 32.9 Å². The quantitative estimate of drug-likeness (QED) is 0.757. The van der Waals surface area contributed by atoms with Gasteiger partial charge in [-0.3, -0.25) is 0 Å². The van der Waals surface area contributed by atoms with Crippen LogP contribution in [0.2, 0.25) is 0 Å². The van der Waals surface area contributed by atoms with E-state index in [9.17, 15) is 0 Å². The number of morpholine rings is 1. The van der Waals surface area contributed by atoms with Gasteiger partial charge in [-0.1, -0.05) is 42.5 Å². The Balaban J connectivity index is 1.38. The third kappa shape index (κ3) is 5.64. The third-order valence-corrected chi connectivity index (χ3v) is 3.97. The SMILES string of the molecule is c1ccc(OCCOCc2cccc(CC3CNCCO3)c2)cc1. The van der Waals surface area contributed by atoms with Crippen molar-refractivity contribution in [2.24, 2.45) is 0 Å². The van der Waals surface area contributed by atoms with Gasteiger partial charge in [-0.05, 0) is 29.7 Å². The Morgan fingerprint density at radius 3 is 2.71 bits per heavy atom. The summed E-state index contributed by atoms with van der Waals surface area (Å²) in [6.07, 6.45) is 1.21. The minimum atomic E-state index is 0.272. The predicted octanol–water partition coefficient (Wildman–Crippen LogP) is 2.81. The molecule has 1 N–H and O–H groups in total. The van der Waals surface area contributed by atoms with E-state index in [1.165, 1.54) is 11.1 Å². The van der Waals surface area contributed by atoms with Crippen molar-refractivity contribution in [3.63, 3.8) is 0 Å². The third-order valence-electron chi connectivity index (χ3n) is 3.97. The lowest BCUT2D eigenvalue weighted by atomic mass is 10.0. The van der Waals surface area contributed by atoms with Crippen molar-refractivity contribution in [3.8, 4) is 5.75 Å². The lowest BCUT2D eigenvalue weighted by Gasteiger charge is -2.23. The maximum Gasteiger partial charge on any atom is 0.119 e. The van der Waals surface area contributed by atoms with Gasteiger partial charge in [0.25, 0.3) is 0 Å². The smallest absolute Gasteiger partial charge is 0.119 e. The molecule has 2 aromatic rings. The number of benzene rings is 2. The highest BCUT2D eigenvalue weighted by atomic mass is 16.5. The Bertz CT molecular complexity index is 597. The van der Waals surface area contributed by atoms with E-state index in [1.54, 1.807) is 0 Å². The minimum Gasteiger partial charge on any atom is -0.491 e. The minimum absolute atomic E-state index is 0.272. The molecule has 0 spiro atoms. The molecule has 0 amide bonds. The molecule has 0 aromatic heterocycles. The molecule has 4 nitrogen and oxygen atoms in total. The van der Waals surface area contributed by atoms with E-state index in [1.807, 2.05) is 30.3 Å². The maximum absolute atomic E-state index is 5.77. The van der Waals surface area contributed by atoms with Crippen LogP contribution >= 0.6 is 0 Å². The molecule has 1 aliphatic heterocycles. The van der Waals surface area contributed by atoms with Crippen molar-refractivity contribution in [3.05, 3.63) is 65.7 Å². The van der Waals surface area contributed by atoms with Gasteiger partial charge in [-0.2, -0.15) is 0 Å². The summed E-state index contributed by atoms with van der Waals surface area (Å²) < 4.78 is 17.1. The van der Waals surface area contributed by atoms with Crippen molar-refractivity contribution in [2.45, 2.75) is 19.1 Å². The van der Waals surface area contributed by atoms with Gasteiger partial charge in [0.1, 0.15) is 12.4 Å². The number of rotatable bonds is 8. The maximum atomic E-state index is 5.77. The summed E-state index contributed by atoms with van der Waals surface area (Å²) in [7, 11) is 0. The zero-order valence-electron chi connectivity index (χ0n) is 13.9. The number of ether oxygens (including phenoxy) is 3. The molecule has 0 bridgehead atoms. The first-order valence-electron chi connectivity index (χ1n) is 8.56. The summed E-state index contributed by atoms with van der Waals surface area (Å²) in [6, 6.07) is 18.4. The van der Waals surface area contributed by atoms with Crippen LogP contribution in [0.3, 0.4) is 0 Å². The highest BCUT2D eigenvalue weighted by Crippen LogP contribution is 2.12. The fraction of sp³-hybridized carbons (Fsp3) is 0.400. The Morgan fingerprint density at radius 1 is 1.00 bits per heavy atom. The topological polar surface area (TPSA) is 39.7 Å². The van der Waals surface area contributed by atoms with Gasteiger partial charge in [0.05, 0.1) is 25.9 Å². The molecule has 1 saturated heterocycles. The average molecular weight is 327 g/mol. The number of para-hydroxylation sites is 1. The molecule has 1 aliphatic rings. The summed E-state index contributed by atoms with van der Waals surface area (Å²) in [5.74, 6) is 0.879. The van der Waals surface area contributed by atoms with Crippen molar-refractivity contribution < 1.29 is 14.2 Å². The highest BCUT2D eigenvalue weighted by Gasteiger charge is 2.13. The second-order valence-electron chi connectivity index (χ2n) is 5.94. The molecule has 4 heteroatoms. The monoisotopic (exact) mass is 327 g/mol. The van der Waals surface area contributed by atoms with E-state index in [4.69, 9.17) is 14.2 Å². The normalized spacial score (nSPS) is 17.6. The lowest BCUT2D eigenvalue weighted by molar-refractivity contribution is 0.0292. The molecule has 0 radical (unpaired) electrons. The largest absolute Gasteiger partial charge is 0.491 e. The first-order chi connectivity index (χ1) is 11.9. The van der Waals surface area contributed by atoms with Crippen molar-refractivity contribution >= 4 is 0 Å². The van der Waals surface area contributed by atoms with Gasteiger partial charge >= 0.3 is 0 Å². The van der Waals surface area contributed by atoms with Crippen LogP contribution in [0.4, 0.5) is 0 Å². The van der Waals surface area contributed by atoms with E-state index in [0.29, 0.717) is 19.8 Å². The van der Waals surface area contributed by atoms with E-state index in [-0.39, 0.29) is 6.10 Å². The van der Waals surface area contributed by atoms with Crippen LogP contribution in [0.25, 0.3) is 0 Å². The molecule has 1 fully saturated rings. The van der Waals surface area contributed by atoms with E-state index < -0.39 is 0 Å². The molecular formula is C20H25NO3. The first-order valence-corrected chi connectivity index (χ1v) is 8.56. The molecular weight excluding hydrogens is 302 g/mol. The molecule has 0 aliphatic carbocycles. The van der Waals surface area contributed by atoms with Gasteiger partial charge in [0, 0.05) is 13.1 Å². The molecule has 0 saturated carbocycles. The molecule has 2 aromatic carbocycles. The van der Waals surface area contributed by atoms with Crippen LogP contribution in [-0.2, 0) is 22.5 Å². The van der Waals surface area contributed by atoms with Crippen LogP contribution in [0, 0.1) is 0 Å². The zero-order chi connectivity index (χ0) is 16.5. The van der Waals surface area contributed by atoms with Crippen LogP contribution < -0.4 is 10.1 Å². The van der Waals surface area contributed by atoms with Crippen LogP contribution in [-0.4, -0.2) is 39.0 Å². The van der Waals surface area contributed by atoms with Crippen molar-refractivity contribution in [1.82, 2.24) is 5.32 Å². The molecule has 128 valence electrons. The Labute approximate surface area is 143 Å². The zero-order valence-corrected chi connectivity index (χ0v) is 13.9. The number of nitrogens with one attached hydrogen (secondary N) is 1. The fourth-order valence-electron chi connectivity index (χ4n) is 2.79. The van der Waals surface area contributed by atoms with E-state index in [2.05, 4.69) is 29.6 Å². The summed E-state index contributed by atoms with van der Waals surface area (Å²) in [5, 5.41) is 3.37. The van der Waals surface area contributed by atoms with Gasteiger partial charge in [-0.25, -0.2) is 0 Å². The standard InChI is InChI=1S/C20H25NO3/c1-2-7-19(8-3-1)24-12-11-22-16-18-6-4-5-17(13-18)14-20-15-21-9-10-23-20/h1-8,13,20-21H,9-12,14-16H2. The summed E-state index contributed by atoms with van der Waals surface area (Å²) in [4.78, 5) is 0. The second-order valence-corrected chi connectivity index (χ2v) is 5.94. The van der Waals surface area contributed by atoms with Gasteiger partial charge in [0.15, 0.2) is 0 Å². The average Bonchev–Trinajstić information content (AvgIpc) is 2.63. The lowest BCUT2D eigenvalue weighted by Crippen LogP contribution is -2.39. The molecule has 1 heterocycles. The second kappa shape index (κ2) is 9.42. The van der Waals surface area contributed by atoms with Crippen LogP contribution in [0.1, 0.15) is 11.1 Å². The number of hydrogen-bond acceptors (Lipinski definition) is 4. The Morgan fingerprint density at radius 2 is 1.88 bits per heavy atom. The fourth-order valence-corrected chi connectivity index (χ4v) is 2.79. The van der Waals surface area contributed by atoms with Gasteiger partial charge in [0.2, 0.25) is 0 Å². The molecule has 24 heavy (non-hydrogen) atoms. The molecule has 3 rings (SSSR count). The highest BCUT2D eigenvalue weighted by molar-refractivity contribution is 5.24. The van der Waals surface area contributed by atoms with E-state index in [0.717, 1.165) is 31.9 Å². The Hall–Kier alpha value is -1.88. The van der Waals surface area contributed by atoms with Crippen LogP contribution in [0.5, 0.6) is 5.75 Å². The first kappa shape index (κ1) is 17.0. The van der Waals surface area contributed by atoms with Gasteiger partial charge < -0.3 is 19.5 Å². The Kier molecular flexibility index (Phi) is 6.66. The number of hydrogen-bond donors (Lipinski definition) is 1. The summed E-state index contributed by atoms with van der Waals surface area (Å²) >= 11 is 0. The molecule has 1 atom stereocenters. The van der Waals surface area contributed by atoms with E-state index >= 15 is 0 Å². The summed E-state index contributed by atoms with van der Waals surface area (Å²) in [6.45, 7) is 4.43. The summed E-state index contributed by atoms with van der Waals surface area (Å²) in [5.41, 5.74) is 2.49. The predicted molar refractivity (Wildman–Crippen MR) is 94.3 cm³/mol. The van der Waals surface area contributed by atoms with Crippen molar-refractivity contribution in [1.29, 1.82) is 0 Å². The van der Waals surface area contributed by atoms with Crippen LogP contribution in [0.15, 0.2) is 54.6 Å².